The lowest BCUT2D eigenvalue weighted by atomic mass is 10.0. The summed E-state index contributed by atoms with van der Waals surface area (Å²) in [5.74, 6) is 1.02. The third kappa shape index (κ3) is 4.20. The van der Waals surface area contributed by atoms with Crippen molar-refractivity contribution in [3.8, 4) is 23.0 Å². The van der Waals surface area contributed by atoms with Gasteiger partial charge in [0.15, 0.2) is 11.5 Å². The van der Waals surface area contributed by atoms with E-state index in [1.54, 1.807) is 28.9 Å². The van der Waals surface area contributed by atoms with Crippen molar-refractivity contribution in [3.05, 3.63) is 72.6 Å². The molecule has 2 aromatic heterocycles. The molecule has 0 spiro atoms. The van der Waals surface area contributed by atoms with E-state index in [1.165, 1.54) is 12.1 Å². The zero-order chi connectivity index (χ0) is 20.9. The topological polar surface area (TPSA) is 87.6 Å². The Balaban J connectivity index is 1.61. The molecule has 0 saturated carbocycles. The number of fused-ring (bicyclic) bond motifs is 1. The van der Waals surface area contributed by atoms with Gasteiger partial charge >= 0.3 is 6.61 Å². The first-order chi connectivity index (χ1) is 14.7. The summed E-state index contributed by atoms with van der Waals surface area (Å²) in [6.45, 7) is -2.11. The number of hydrogen-bond acceptors (Lipinski definition) is 6. The van der Waals surface area contributed by atoms with Gasteiger partial charge in [-0.2, -0.15) is 8.78 Å². The van der Waals surface area contributed by atoms with Crippen LogP contribution >= 0.6 is 0 Å². The van der Waals surface area contributed by atoms with Crippen molar-refractivity contribution in [1.82, 2.24) is 19.6 Å². The Morgan fingerprint density at radius 3 is 2.43 bits per heavy atom. The second-order valence-corrected chi connectivity index (χ2v) is 6.52. The third-order valence-electron chi connectivity index (χ3n) is 4.61. The second-order valence-electron chi connectivity index (χ2n) is 6.52. The van der Waals surface area contributed by atoms with Gasteiger partial charge < -0.3 is 15.2 Å². The lowest BCUT2D eigenvalue weighted by molar-refractivity contribution is -0.0498. The van der Waals surface area contributed by atoms with Gasteiger partial charge in [0.2, 0.25) is 5.88 Å². The molecule has 2 aromatic carbocycles. The van der Waals surface area contributed by atoms with Gasteiger partial charge in [0, 0.05) is 18.0 Å². The van der Waals surface area contributed by atoms with Crippen LogP contribution in [0, 0.1) is 0 Å². The summed E-state index contributed by atoms with van der Waals surface area (Å²) in [4.78, 5) is 4.16. The molecule has 4 aromatic rings. The molecule has 0 amide bonds. The molecule has 0 bridgehead atoms. The smallest absolute Gasteiger partial charge is 0.387 e. The fraction of sp³-hybridized carbons (Fsp3) is 0.190. The number of alkyl halides is 2. The highest BCUT2D eigenvalue weighted by Crippen LogP contribution is 2.26. The van der Waals surface area contributed by atoms with E-state index in [0.29, 0.717) is 36.1 Å². The first kappa shape index (κ1) is 19.7. The van der Waals surface area contributed by atoms with Crippen LogP contribution in [-0.4, -0.2) is 39.3 Å². The molecule has 30 heavy (non-hydrogen) atoms. The van der Waals surface area contributed by atoms with E-state index in [9.17, 15) is 8.78 Å². The van der Waals surface area contributed by atoms with Crippen molar-refractivity contribution in [1.29, 1.82) is 0 Å². The lowest BCUT2D eigenvalue weighted by Gasteiger charge is -2.17. The average molecular weight is 411 g/mol. The minimum Gasteiger partial charge on any atom is -0.477 e. The van der Waals surface area contributed by atoms with Crippen LogP contribution in [0.5, 0.6) is 11.6 Å². The standard InChI is InChI=1S/C21H19F2N5O2/c22-21(23)30-17-8-6-15(7-9-17)20-27-26-18-11-25-12-19(28(18)20)29-13-16(10-24)14-4-2-1-3-5-14/h1-9,11-12,16,21H,10,13,24H2. The quantitative estimate of drug-likeness (QED) is 0.477. The highest BCUT2D eigenvalue weighted by molar-refractivity contribution is 5.61. The maximum atomic E-state index is 12.4. The van der Waals surface area contributed by atoms with E-state index in [4.69, 9.17) is 10.5 Å². The molecule has 1 atom stereocenters. The molecule has 4 rings (SSSR count). The van der Waals surface area contributed by atoms with E-state index in [1.807, 2.05) is 30.3 Å². The molecular formula is C21H19F2N5O2. The summed E-state index contributed by atoms with van der Waals surface area (Å²) in [6.07, 6.45) is 3.14. The highest BCUT2D eigenvalue weighted by atomic mass is 19.3. The van der Waals surface area contributed by atoms with Crippen LogP contribution in [0.3, 0.4) is 0 Å². The van der Waals surface area contributed by atoms with Crippen molar-refractivity contribution >= 4 is 5.65 Å². The number of nitrogens with two attached hydrogens (primary N) is 1. The molecule has 0 saturated heterocycles. The third-order valence-corrected chi connectivity index (χ3v) is 4.61. The van der Waals surface area contributed by atoms with E-state index >= 15 is 0 Å². The minimum absolute atomic E-state index is 0.00664. The molecule has 0 radical (unpaired) electrons. The number of nitrogens with zero attached hydrogens (tertiary/aromatic N) is 4. The van der Waals surface area contributed by atoms with Gasteiger partial charge in [-0.15, -0.1) is 10.2 Å². The molecule has 0 fully saturated rings. The maximum Gasteiger partial charge on any atom is 0.387 e. The monoisotopic (exact) mass is 411 g/mol. The first-order valence-electron chi connectivity index (χ1n) is 9.28. The molecule has 0 aliphatic rings. The largest absolute Gasteiger partial charge is 0.477 e. The van der Waals surface area contributed by atoms with Crippen LogP contribution in [0.25, 0.3) is 17.0 Å². The van der Waals surface area contributed by atoms with Crippen molar-refractivity contribution < 1.29 is 18.3 Å². The van der Waals surface area contributed by atoms with Crippen LogP contribution in [-0.2, 0) is 0 Å². The van der Waals surface area contributed by atoms with Crippen molar-refractivity contribution in [2.24, 2.45) is 5.73 Å². The maximum absolute atomic E-state index is 12.4. The minimum atomic E-state index is -2.88. The Morgan fingerprint density at radius 2 is 1.73 bits per heavy atom. The summed E-state index contributed by atoms with van der Waals surface area (Å²) in [5.41, 5.74) is 8.19. The molecule has 7 nitrogen and oxygen atoms in total. The van der Waals surface area contributed by atoms with Crippen molar-refractivity contribution in [2.75, 3.05) is 13.2 Å². The van der Waals surface area contributed by atoms with E-state index < -0.39 is 6.61 Å². The van der Waals surface area contributed by atoms with Crippen molar-refractivity contribution in [2.45, 2.75) is 12.5 Å². The average Bonchev–Trinajstić information content (AvgIpc) is 3.20. The highest BCUT2D eigenvalue weighted by Gasteiger charge is 2.16. The van der Waals surface area contributed by atoms with Gasteiger partial charge in [-0.25, -0.2) is 4.40 Å². The van der Waals surface area contributed by atoms with Gasteiger partial charge in [0.1, 0.15) is 5.75 Å². The molecule has 154 valence electrons. The van der Waals surface area contributed by atoms with Crippen LogP contribution in [0.2, 0.25) is 0 Å². The summed E-state index contributed by atoms with van der Waals surface area (Å²) in [7, 11) is 0. The van der Waals surface area contributed by atoms with Gasteiger partial charge in [-0.05, 0) is 29.8 Å². The Labute approximate surface area is 171 Å². The van der Waals surface area contributed by atoms with E-state index in [-0.39, 0.29) is 11.7 Å². The number of rotatable bonds is 8. The SMILES string of the molecule is NCC(COc1cncc2nnc(-c3ccc(OC(F)F)cc3)n12)c1ccccc1. The number of halogens is 2. The Hall–Kier alpha value is -3.59. The number of ether oxygens (including phenoxy) is 2. The lowest BCUT2D eigenvalue weighted by Crippen LogP contribution is -2.20. The molecule has 9 heteroatoms. The fourth-order valence-corrected chi connectivity index (χ4v) is 3.11. The van der Waals surface area contributed by atoms with Gasteiger partial charge in [-0.1, -0.05) is 30.3 Å². The van der Waals surface area contributed by atoms with E-state index in [0.717, 1.165) is 5.56 Å². The summed E-state index contributed by atoms with van der Waals surface area (Å²) in [6, 6.07) is 16.0. The Kier molecular flexibility index (Phi) is 5.80. The number of benzene rings is 2. The zero-order valence-electron chi connectivity index (χ0n) is 15.9. The molecule has 0 aliphatic carbocycles. The van der Waals surface area contributed by atoms with Crippen LogP contribution < -0.4 is 15.2 Å². The molecule has 2 heterocycles. The van der Waals surface area contributed by atoms with Crippen LogP contribution in [0.4, 0.5) is 8.78 Å². The number of hydrogen-bond donors (Lipinski definition) is 1. The van der Waals surface area contributed by atoms with Crippen LogP contribution in [0.15, 0.2) is 67.0 Å². The summed E-state index contributed by atoms with van der Waals surface area (Å²) in [5, 5.41) is 8.33. The summed E-state index contributed by atoms with van der Waals surface area (Å²) >= 11 is 0. The zero-order valence-corrected chi connectivity index (χ0v) is 15.9. The van der Waals surface area contributed by atoms with Crippen LogP contribution in [0.1, 0.15) is 11.5 Å². The molecular weight excluding hydrogens is 392 g/mol. The van der Waals surface area contributed by atoms with Gasteiger partial charge in [0.25, 0.3) is 0 Å². The molecule has 0 aliphatic heterocycles. The fourth-order valence-electron chi connectivity index (χ4n) is 3.11. The molecule has 2 N–H and O–H groups in total. The second kappa shape index (κ2) is 8.83. The van der Waals surface area contributed by atoms with Gasteiger partial charge in [-0.3, -0.25) is 4.98 Å². The molecule has 1 unspecified atom stereocenters. The summed E-state index contributed by atoms with van der Waals surface area (Å²) < 4.78 is 36.9. The predicted molar refractivity (Wildman–Crippen MR) is 107 cm³/mol. The Bertz CT molecular complexity index is 1100. The van der Waals surface area contributed by atoms with Gasteiger partial charge in [0.05, 0.1) is 19.0 Å². The van der Waals surface area contributed by atoms with Crippen molar-refractivity contribution in [3.63, 3.8) is 0 Å². The normalized spacial score (nSPS) is 12.3. The first-order valence-corrected chi connectivity index (χ1v) is 9.28. The number of aromatic nitrogens is 4. The Morgan fingerprint density at radius 1 is 0.967 bits per heavy atom. The van der Waals surface area contributed by atoms with E-state index in [2.05, 4.69) is 19.9 Å². The predicted octanol–water partition coefficient (Wildman–Crippen LogP) is 3.51.